The first-order valence-corrected chi connectivity index (χ1v) is 8.28. The van der Waals surface area contributed by atoms with Crippen LogP contribution in [0, 0.1) is 11.8 Å². The van der Waals surface area contributed by atoms with Crippen LogP contribution in [0.3, 0.4) is 0 Å². The van der Waals surface area contributed by atoms with Gasteiger partial charge in [0.2, 0.25) is 0 Å². The average Bonchev–Trinajstić information content (AvgIpc) is 3.32. The molecule has 1 saturated carbocycles. The lowest BCUT2D eigenvalue weighted by Gasteiger charge is -2.42. The van der Waals surface area contributed by atoms with E-state index in [9.17, 15) is 0 Å². The van der Waals surface area contributed by atoms with Crippen LogP contribution in [0.15, 0.2) is 24.3 Å². The van der Waals surface area contributed by atoms with Crippen molar-refractivity contribution in [3.8, 4) is 5.75 Å². The minimum absolute atomic E-state index is 0.606. The lowest BCUT2D eigenvalue weighted by molar-refractivity contribution is 0.0918. The number of ether oxygens (including phenoxy) is 1. The maximum atomic E-state index is 5.53. The Morgan fingerprint density at radius 2 is 2.05 bits per heavy atom. The van der Waals surface area contributed by atoms with Crippen LogP contribution in [0.25, 0.3) is 0 Å². The van der Waals surface area contributed by atoms with Gasteiger partial charge in [0.05, 0.1) is 7.11 Å². The molecule has 1 aliphatic heterocycles. The molecule has 2 aliphatic rings. The van der Waals surface area contributed by atoms with Gasteiger partial charge in [0.1, 0.15) is 5.75 Å². The van der Waals surface area contributed by atoms with Crippen LogP contribution < -0.4 is 10.1 Å². The van der Waals surface area contributed by atoms with E-state index in [0.717, 1.165) is 31.3 Å². The van der Waals surface area contributed by atoms with Crippen molar-refractivity contribution in [2.45, 2.75) is 45.3 Å². The average molecular weight is 288 g/mol. The normalized spacial score (nSPS) is 27.0. The molecule has 2 fully saturated rings. The smallest absolute Gasteiger partial charge is 0.123 e. The fourth-order valence-corrected chi connectivity index (χ4v) is 3.48. The minimum atomic E-state index is 0.606. The molecule has 2 atom stereocenters. The Morgan fingerprint density at radius 3 is 2.71 bits per heavy atom. The Labute approximate surface area is 128 Å². The summed E-state index contributed by atoms with van der Waals surface area (Å²) in [6.07, 6.45) is 2.81. The highest BCUT2D eigenvalue weighted by molar-refractivity contribution is 5.33. The van der Waals surface area contributed by atoms with E-state index >= 15 is 0 Å². The summed E-state index contributed by atoms with van der Waals surface area (Å²) in [5.41, 5.74) is 1.31. The third-order valence-electron chi connectivity index (χ3n) is 5.03. The lowest BCUT2D eigenvalue weighted by Crippen LogP contribution is -2.58. The number of methoxy groups -OCH3 is 1. The second kappa shape index (κ2) is 6.37. The Hall–Kier alpha value is -1.06. The largest absolute Gasteiger partial charge is 0.496 e. The molecule has 1 N–H and O–H groups in total. The molecule has 2 unspecified atom stereocenters. The summed E-state index contributed by atoms with van der Waals surface area (Å²) < 4.78 is 5.53. The standard InChI is InChI=1S/C18H28N2O/c1-13(2)16-12-20(17(10-19-16)14-8-9-14)11-15-6-4-5-7-18(15)21-3/h4-7,13-14,16-17,19H,8-12H2,1-3H3. The van der Waals surface area contributed by atoms with E-state index in [1.54, 1.807) is 7.11 Å². The summed E-state index contributed by atoms with van der Waals surface area (Å²) in [7, 11) is 1.77. The predicted molar refractivity (Wildman–Crippen MR) is 86.5 cm³/mol. The number of piperazine rings is 1. The molecule has 21 heavy (non-hydrogen) atoms. The first-order valence-electron chi connectivity index (χ1n) is 8.28. The Kier molecular flexibility index (Phi) is 4.51. The molecule has 1 aliphatic carbocycles. The summed E-state index contributed by atoms with van der Waals surface area (Å²) in [5, 5.41) is 3.76. The van der Waals surface area contributed by atoms with Crippen molar-refractivity contribution < 1.29 is 4.74 Å². The zero-order chi connectivity index (χ0) is 14.8. The molecule has 0 bridgehead atoms. The van der Waals surface area contributed by atoms with Crippen molar-refractivity contribution in [1.82, 2.24) is 10.2 Å². The third kappa shape index (κ3) is 3.41. The number of rotatable bonds is 5. The maximum Gasteiger partial charge on any atom is 0.123 e. The van der Waals surface area contributed by atoms with E-state index in [-0.39, 0.29) is 0 Å². The molecule has 1 saturated heterocycles. The van der Waals surface area contributed by atoms with Crippen LogP contribution in [-0.4, -0.2) is 37.2 Å². The second-order valence-electron chi connectivity index (χ2n) is 6.90. The predicted octanol–water partition coefficient (Wildman–Crippen LogP) is 2.90. The number of hydrogen-bond acceptors (Lipinski definition) is 3. The van der Waals surface area contributed by atoms with Crippen LogP contribution in [-0.2, 0) is 6.54 Å². The van der Waals surface area contributed by atoms with Crippen LogP contribution >= 0.6 is 0 Å². The van der Waals surface area contributed by atoms with Gasteiger partial charge >= 0.3 is 0 Å². The monoisotopic (exact) mass is 288 g/mol. The fourth-order valence-electron chi connectivity index (χ4n) is 3.48. The van der Waals surface area contributed by atoms with Crippen molar-refractivity contribution in [3.63, 3.8) is 0 Å². The lowest BCUT2D eigenvalue weighted by atomic mass is 9.97. The van der Waals surface area contributed by atoms with Gasteiger partial charge in [0.25, 0.3) is 0 Å². The second-order valence-corrected chi connectivity index (χ2v) is 6.90. The zero-order valence-corrected chi connectivity index (χ0v) is 13.5. The molecule has 3 heteroatoms. The van der Waals surface area contributed by atoms with Gasteiger partial charge in [-0.15, -0.1) is 0 Å². The molecule has 0 radical (unpaired) electrons. The number of para-hydroxylation sites is 1. The fraction of sp³-hybridized carbons (Fsp3) is 0.667. The van der Waals surface area contributed by atoms with Gasteiger partial charge in [0.15, 0.2) is 0 Å². The van der Waals surface area contributed by atoms with Gasteiger partial charge < -0.3 is 10.1 Å². The number of nitrogens with one attached hydrogen (secondary N) is 1. The van der Waals surface area contributed by atoms with E-state index in [0.29, 0.717) is 18.0 Å². The molecule has 0 amide bonds. The molecule has 3 rings (SSSR count). The maximum absolute atomic E-state index is 5.53. The van der Waals surface area contributed by atoms with Crippen LogP contribution in [0.2, 0.25) is 0 Å². The molecular formula is C18H28N2O. The summed E-state index contributed by atoms with van der Waals surface area (Å²) in [4.78, 5) is 2.69. The molecule has 3 nitrogen and oxygen atoms in total. The Morgan fingerprint density at radius 1 is 1.29 bits per heavy atom. The van der Waals surface area contributed by atoms with Crippen molar-refractivity contribution >= 4 is 0 Å². The molecule has 1 heterocycles. The molecule has 0 aromatic heterocycles. The first kappa shape index (κ1) is 14.9. The van der Waals surface area contributed by atoms with Crippen molar-refractivity contribution in [2.75, 3.05) is 20.2 Å². The van der Waals surface area contributed by atoms with Gasteiger partial charge in [0, 0.05) is 37.3 Å². The van der Waals surface area contributed by atoms with Crippen LogP contribution in [0.4, 0.5) is 0 Å². The zero-order valence-electron chi connectivity index (χ0n) is 13.5. The highest BCUT2D eigenvalue weighted by Crippen LogP contribution is 2.37. The van der Waals surface area contributed by atoms with Gasteiger partial charge in [-0.25, -0.2) is 0 Å². The van der Waals surface area contributed by atoms with Gasteiger partial charge in [-0.3, -0.25) is 4.90 Å². The Balaban J connectivity index is 1.75. The summed E-state index contributed by atoms with van der Waals surface area (Å²) in [6.45, 7) is 7.93. The number of benzene rings is 1. The molecule has 0 spiro atoms. The third-order valence-corrected chi connectivity index (χ3v) is 5.03. The highest BCUT2D eigenvalue weighted by atomic mass is 16.5. The van der Waals surface area contributed by atoms with E-state index in [2.05, 4.69) is 48.3 Å². The van der Waals surface area contributed by atoms with Crippen LogP contribution in [0.1, 0.15) is 32.3 Å². The summed E-state index contributed by atoms with van der Waals surface area (Å²) in [5.74, 6) is 2.61. The first-order chi connectivity index (χ1) is 10.2. The minimum Gasteiger partial charge on any atom is -0.496 e. The molecular weight excluding hydrogens is 260 g/mol. The van der Waals surface area contributed by atoms with Gasteiger partial charge in [-0.2, -0.15) is 0 Å². The summed E-state index contributed by atoms with van der Waals surface area (Å²) >= 11 is 0. The summed E-state index contributed by atoms with van der Waals surface area (Å²) in [6, 6.07) is 9.75. The van der Waals surface area contributed by atoms with E-state index in [4.69, 9.17) is 4.74 Å². The molecule has 1 aromatic carbocycles. The van der Waals surface area contributed by atoms with Crippen molar-refractivity contribution in [2.24, 2.45) is 11.8 Å². The van der Waals surface area contributed by atoms with Crippen molar-refractivity contribution in [1.29, 1.82) is 0 Å². The SMILES string of the molecule is COc1ccccc1CN1CC(C(C)C)NCC1C1CC1. The quantitative estimate of drug-likeness (QED) is 0.901. The number of hydrogen-bond donors (Lipinski definition) is 1. The van der Waals surface area contributed by atoms with E-state index in [1.165, 1.54) is 18.4 Å². The Bertz CT molecular complexity index is 470. The van der Waals surface area contributed by atoms with E-state index in [1.807, 2.05) is 0 Å². The van der Waals surface area contributed by atoms with Crippen LogP contribution in [0.5, 0.6) is 5.75 Å². The van der Waals surface area contributed by atoms with Gasteiger partial charge in [-0.05, 0) is 30.7 Å². The molecule has 1 aromatic rings. The molecule has 116 valence electrons. The highest BCUT2D eigenvalue weighted by Gasteiger charge is 2.39. The number of nitrogens with zero attached hydrogens (tertiary/aromatic N) is 1. The van der Waals surface area contributed by atoms with Crippen molar-refractivity contribution in [3.05, 3.63) is 29.8 Å². The van der Waals surface area contributed by atoms with E-state index < -0.39 is 0 Å². The topological polar surface area (TPSA) is 24.5 Å². The van der Waals surface area contributed by atoms with Gasteiger partial charge in [-0.1, -0.05) is 32.0 Å².